The van der Waals surface area contributed by atoms with E-state index in [1.54, 1.807) is 0 Å². The van der Waals surface area contributed by atoms with E-state index in [4.69, 9.17) is 10.5 Å². The SMILES string of the molecule is CC/C=C(/CN)OCC.CC1CC1. The molecule has 0 atom stereocenters. The number of ether oxygens (including phenoxy) is 1. The molecule has 1 rings (SSSR count). The van der Waals surface area contributed by atoms with Crippen molar-refractivity contribution in [2.75, 3.05) is 13.2 Å². The molecule has 1 aliphatic carbocycles. The summed E-state index contributed by atoms with van der Waals surface area (Å²) in [7, 11) is 0. The highest BCUT2D eigenvalue weighted by atomic mass is 16.5. The first-order chi connectivity index (χ1) is 6.24. The van der Waals surface area contributed by atoms with Crippen molar-refractivity contribution < 1.29 is 4.74 Å². The van der Waals surface area contributed by atoms with Crippen LogP contribution in [0.25, 0.3) is 0 Å². The fourth-order valence-corrected chi connectivity index (χ4v) is 0.781. The van der Waals surface area contributed by atoms with Gasteiger partial charge in [0, 0.05) is 0 Å². The Bertz CT molecular complexity index is 139. The van der Waals surface area contributed by atoms with E-state index in [2.05, 4.69) is 13.8 Å². The molecule has 0 aromatic heterocycles. The fourth-order valence-electron chi connectivity index (χ4n) is 0.781. The molecule has 2 N–H and O–H groups in total. The van der Waals surface area contributed by atoms with E-state index in [-0.39, 0.29) is 0 Å². The van der Waals surface area contributed by atoms with Gasteiger partial charge >= 0.3 is 0 Å². The van der Waals surface area contributed by atoms with Crippen LogP contribution >= 0.6 is 0 Å². The van der Waals surface area contributed by atoms with Crippen molar-refractivity contribution >= 4 is 0 Å². The molecule has 1 aliphatic rings. The predicted octanol–water partition coefficient (Wildman–Crippen LogP) is 2.69. The minimum Gasteiger partial charge on any atom is -0.497 e. The zero-order valence-corrected chi connectivity index (χ0v) is 9.18. The van der Waals surface area contributed by atoms with Crippen molar-refractivity contribution in [1.82, 2.24) is 0 Å². The molecule has 0 aliphatic heterocycles. The molecule has 78 valence electrons. The van der Waals surface area contributed by atoms with Crippen molar-refractivity contribution in [3.8, 4) is 0 Å². The molecule has 0 aromatic rings. The van der Waals surface area contributed by atoms with Crippen molar-refractivity contribution in [2.24, 2.45) is 11.7 Å². The van der Waals surface area contributed by atoms with Crippen LogP contribution in [-0.4, -0.2) is 13.2 Å². The number of hydrogen-bond donors (Lipinski definition) is 1. The van der Waals surface area contributed by atoms with Crippen LogP contribution in [0.4, 0.5) is 0 Å². The maximum Gasteiger partial charge on any atom is 0.105 e. The third-order valence-corrected chi connectivity index (χ3v) is 1.83. The molecule has 0 unspecified atom stereocenters. The highest BCUT2D eigenvalue weighted by molar-refractivity contribution is 4.93. The molecule has 2 heteroatoms. The number of hydrogen-bond acceptors (Lipinski definition) is 2. The smallest absolute Gasteiger partial charge is 0.105 e. The summed E-state index contributed by atoms with van der Waals surface area (Å²) in [5.41, 5.74) is 5.35. The summed E-state index contributed by atoms with van der Waals surface area (Å²) in [6, 6.07) is 0. The van der Waals surface area contributed by atoms with Crippen LogP contribution in [0.1, 0.15) is 40.0 Å². The van der Waals surface area contributed by atoms with Crippen LogP contribution in [0.3, 0.4) is 0 Å². The summed E-state index contributed by atoms with van der Waals surface area (Å²) in [5.74, 6) is 1.99. The normalized spacial score (nSPS) is 16.2. The maximum absolute atomic E-state index is 5.35. The average molecular weight is 185 g/mol. The van der Waals surface area contributed by atoms with Crippen LogP contribution in [0.5, 0.6) is 0 Å². The van der Waals surface area contributed by atoms with Gasteiger partial charge in [-0.3, -0.25) is 0 Å². The zero-order chi connectivity index (χ0) is 10.1. The second-order valence-corrected chi connectivity index (χ2v) is 3.40. The summed E-state index contributed by atoms with van der Waals surface area (Å²) >= 11 is 0. The number of rotatable bonds is 4. The average Bonchev–Trinajstić information content (AvgIpc) is 2.88. The molecular formula is C11H23NO. The molecule has 0 spiro atoms. The lowest BCUT2D eigenvalue weighted by Crippen LogP contribution is -2.06. The summed E-state index contributed by atoms with van der Waals surface area (Å²) in [5, 5.41) is 0. The summed E-state index contributed by atoms with van der Waals surface area (Å²) in [6.07, 6.45) is 5.97. The van der Waals surface area contributed by atoms with Gasteiger partial charge in [0.05, 0.1) is 13.2 Å². The Morgan fingerprint density at radius 3 is 2.23 bits per heavy atom. The Balaban J connectivity index is 0.000000293. The van der Waals surface area contributed by atoms with Crippen molar-refractivity contribution in [2.45, 2.75) is 40.0 Å². The molecular weight excluding hydrogens is 162 g/mol. The predicted molar refractivity (Wildman–Crippen MR) is 57.5 cm³/mol. The van der Waals surface area contributed by atoms with Crippen molar-refractivity contribution in [1.29, 1.82) is 0 Å². The Hall–Kier alpha value is -0.500. The molecule has 0 aromatic carbocycles. The Morgan fingerprint density at radius 1 is 1.46 bits per heavy atom. The van der Waals surface area contributed by atoms with Crippen LogP contribution in [0.15, 0.2) is 11.8 Å². The molecule has 0 heterocycles. The largest absolute Gasteiger partial charge is 0.497 e. The Kier molecular flexibility index (Phi) is 7.80. The lowest BCUT2D eigenvalue weighted by molar-refractivity contribution is 0.225. The molecule has 13 heavy (non-hydrogen) atoms. The zero-order valence-electron chi connectivity index (χ0n) is 9.18. The summed E-state index contributed by atoms with van der Waals surface area (Å²) < 4.78 is 5.17. The lowest BCUT2D eigenvalue weighted by atomic mass is 10.4. The monoisotopic (exact) mass is 185 g/mol. The first kappa shape index (κ1) is 12.5. The van der Waals surface area contributed by atoms with E-state index in [0.717, 1.165) is 18.1 Å². The molecule has 0 bridgehead atoms. The van der Waals surface area contributed by atoms with Gasteiger partial charge in [-0.2, -0.15) is 0 Å². The minimum atomic E-state index is 0.516. The van der Waals surface area contributed by atoms with Gasteiger partial charge in [0.15, 0.2) is 0 Å². The first-order valence-electron chi connectivity index (χ1n) is 5.26. The van der Waals surface area contributed by atoms with Gasteiger partial charge in [-0.1, -0.05) is 26.7 Å². The van der Waals surface area contributed by atoms with Gasteiger partial charge in [0.1, 0.15) is 5.76 Å². The van der Waals surface area contributed by atoms with E-state index in [1.165, 1.54) is 12.8 Å². The van der Waals surface area contributed by atoms with E-state index < -0.39 is 0 Å². The number of nitrogens with two attached hydrogens (primary N) is 1. The van der Waals surface area contributed by atoms with Crippen molar-refractivity contribution in [3.63, 3.8) is 0 Å². The third kappa shape index (κ3) is 9.41. The summed E-state index contributed by atoms with van der Waals surface area (Å²) in [4.78, 5) is 0. The number of allylic oxidation sites excluding steroid dienone is 1. The van der Waals surface area contributed by atoms with E-state index in [1.807, 2.05) is 13.0 Å². The van der Waals surface area contributed by atoms with Gasteiger partial charge in [0.25, 0.3) is 0 Å². The highest BCUT2D eigenvalue weighted by Gasteiger charge is 2.12. The quantitative estimate of drug-likeness (QED) is 0.683. The Labute approximate surface area is 82.2 Å². The molecule has 0 saturated heterocycles. The Morgan fingerprint density at radius 2 is 2.00 bits per heavy atom. The maximum atomic E-state index is 5.35. The van der Waals surface area contributed by atoms with Crippen LogP contribution < -0.4 is 5.73 Å². The minimum absolute atomic E-state index is 0.516. The lowest BCUT2D eigenvalue weighted by Gasteiger charge is -2.03. The molecule has 1 saturated carbocycles. The van der Waals surface area contributed by atoms with E-state index in [0.29, 0.717) is 13.2 Å². The van der Waals surface area contributed by atoms with Crippen molar-refractivity contribution in [3.05, 3.63) is 11.8 Å². The van der Waals surface area contributed by atoms with Crippen LogP contribution in [-0.2, 0) is 4.74 Å². The van der Waals surface area contributed by atoms with Crippen LogP contribution in [0, 0.1) is 5.92 Å². The first-order valence-corrected chi connectivity index (χ1v) is 5.26. The third-order valence-electron chi connectivity index (χ3n) is 1.83. The second-order valence-electron chi connectivity index (χ2n) is 3.40. The highest BCUT2D eigenvalue weighted by Crippen LogP contribution is 2.26. The van der Waals surface area contributed by atoms with Gasteiger partial charge < -0.3 is 10.5 Å². The second kappa shape index (κ2) is 8.11. The molecule has 1 fully saturated rings. The molecule has 0 amide bonds. The van der Waals surface area contributed by atoms with Gasteiger partial charge in [-0.25, -0.2) is 0 Å². The molecule has 0 radical (unpaired) electrons. The van der Waals surface area contributed by atoms with Gasteiger partial charge in [0.2, 0.25) is 0 Å². The molecule has 2 nitrogen and oxygen atoms in total. The van der Waals surface area contributed by atoms with Gasteiger partial charge in [-0.15, -0.1) is 0 Å². The summed E-state index contributed by atoms with van der Waals surface area (Å²) in [6.45, 7) is 7.53. The standard InChI is InChI=1S/C7H15NO.C4H8/c1-3-5-7(6-8)9-4-2;1-4-2-3-4/h5H,3-4,6,8H2,1-2H3;4H,2-3H2,1H3/b7-5-;. The van der Waals surface area contributed by atoms with E-state index >= 15 is 0 Å². The van der Waals surface area contributed by atoms with Gasteiger partial charge in [-0.05, 0) is 25.3 Å². The topological polar surface area (TPSA) is 35.2 Å². The van der Waals surface area contributed by atoms with E-state index in [9.17, 15) is 0 Å². The fraction of sp³-hybridized carbons (Fsp3) is 0.818. The van der Waals surface area contributed by atoms with Crippen LogP contribution in [0.2, 0.25) is 0 Å².